The van der Waals surface area contributed by atoms with Gasteiger partial charge in [-0.15, -0.1) is 0 Å². The van der Waals surface area contributed by atoms with Crippen molar-refractivity contribution in [3.05, 3.63) is 93.6 Å². The molecule has 1 N–H and O–H groups in total. The van der Waals surface area contributed by atoms with Gasteiger partial charge in [0.05, 0.1) is 12.1 Å². The van der Waals surface area contributed by atoms with Crippen molar-refractivity contribution in [3.63, 3.8) is 0 Å². The number of carbonyl (C=O) groups is 2. The van der Waals surface area contributed by atoms with E-state index >= 15 is 0 Å². The van der Waals surface area contributed by atoms with Crippen LogP contribution < -0.4 is 5.56 Å². The Morgan fingerprint density at radius 2 is 1.86 bits per heavy atom. The topological polar surface area (TPSA) is 79.6 Å². The number of aliphatic carboxylic acids is 1. The third-order valence-corrected chi connectivity index (χ3v) is 3.86. The first-order chi connectivity index (χ1) is 13.3. The van der Waals surface area contributed by atoms with Crippen LogP contribution in [0.25, 0.3) is 0 Å². The smallest absolute Gasteiger partial charge is 0.337 e. The third-order valence-electron chi connectivity index (χ3n) is 3.86. The summed E-state index contributed by atoms with van der Waals surface area (Å²) >= 11 is 0. The van der Waals surface area contributed by atoms with Crippen molar-refractivity contribution in [2.45, 2.75) is 13.1 Å². The number of aldehydes is 1. The number of pyridine rings is 1. The second kappa shape index (κ2) is 9.40. The van der Waals surface area contributed by atoms with Crippen molar-refractivity contribution in [2.24, 2.45) is 0 Å². The molecule has 8 heteroatoms. The van der Waals surface area contributed by atoms with E-state index in [1.807, 2.05) is 0 Å². The van der Waals surface area contributed by atoms with Gasteiger partial charge in [0, 0.05) is 43.2 Å². The zero-order valence-electron chi connectivity index (χ0n) is 15.0. The number of carbonyl (C=O) groups excluding carboxylic acids is 1. The molecular formula is C20H18F2N2O4. The first-order valence-electron chi connectivity index (χ1n) is 8.22. The molecule has 1 heterocycles. The molecule has 28 heavy (non-hydrogen) atoms. The highest BCUT2D eigenvalue weighted by Crippen LogP contribution is 2.19. The van der Waals surface area contributed by atoms with Crippen molar-refractivity contribution in [2.75, 3.05) is 7.05 Å². The maximum absolute atomic E-state index is 14.4. The van der Waals surface area contributed by atoms with Crippen LogP contribution in [0, 0.1) is 11.6 Å². The Bertz CT molecular complexity index is 996. The summed E-state index contributed by atoms with van der Waals surface area (Å²) < 4.78 is 30.1. The molecule has 0 bridgehead atoms. The SMILES string of the molecule is CN(/C=C(\C=C/C=O)C(=O)O)Cc1ccc(Cn2ccccc2=O)c(F)c1F. The lowest BCUT2D eigenvalue weighted by atomic mass is 10.1. The number of rotatable bonds is 8. The average Bonchev–Trinajstić information content (AvgIpc) is 2.66. The summed E-state index contributed by atoms with van der Waals surface area (Å²) in [5, 5.41) is 9.09. The van der Waals surface area contributed by atoms with Gasteiger partial charge < -0.3 is 14.6 Å². The lowest BCUT2D eigenvalue weighted by Gasteiger charge is -2.17. The standard InChI is InChI=1S/C20H18F2N2O4/c1-23(12-16(20(27)28)5-4-10-25)11-14-7-8-15(19(22)18(14)21)13-24-9-3-2-6-17(24)26/h2-10,12H,11,13H2,1H3,(H,27,28)/b5-4-,16-12+. The average molecular weight is 388 g/mol. The molecule has 0 saturated carbocycles. The molecule has 146 valence electrons. The van der Waals surface area contributed by atoms with E-state index in [1.54, 1.807) is 12.1 Å². The van der Waals surface area contributed by atoms with Gasteiger partial charge in [-0.3, -0.25) is 9.59 Å². The summed E-state index contributed by atoms with van der Waals surface area (Å²) in [6.07, 6.45) is 5.24. The van der Waals surface area contributed by atoms with Crippen molar-refractivity contribution in [3.8, 4) is 0 Å². The molecule has 0 saturated heterocycles. The number of carboxylic acids is 1. The van der Waals surface area contributed by atoms with Gasteiger partial charge in [-0.05, 0) is 18.2 Å². The Morgan fingerprint density at radius 3 is 2.50 bits per heavy atom. The van der Waals surface area contributed by atoms with Gasteiger partial charge in [0.25, 0.3) is 5.56 Å². The third kappa shape index (κ3) is 5.23. The number of hydrogen-bond donors (Lipinski definition) is 1. The fourth-order valence-corrected chi connectivity index (χ4v) is 2.51. The van der Waals surface area contributed by atoms with Gasteiger partial charge in [-0.25, -0.2) is 13.6 Å². The Balaban J connectivity index is 2.23. The molecule has 0 fully saturated rings. The molecule has 2 rings (SSSR count). The summed E-state index contributed by atoms with van der Waals surface area (Å²) in [7, 11) is 1.49. The predicted molar refractivity (Wildman–Crippen MR) is 98.6 cm³/mol. The number of benzene rings is 1. The molecule has 2 aromatic rings. The van der Waals surface area contributed by atoms with Gasteiger partial charge in [-0.2, -0.15) is 0 Å². The number of hydrogen-bond acceptors (Lipinski definition) is 4. The molecule has 1 aromatic heterocycles. The van der Waals surface area contributed by atoms with Crippen molar-refractivity contribution < 1.29 is 23.5 Å². The van der Waals surface area contributed by atoms with Crippen LogP contribution in [0.15, 0.2) is 65.2 Å². The highest BCUT2D eigenvalue weighted by atomic mass is 19.2. The van der Waals surface area contributed by atoms with Crippen LogP contribution in [0.1, 0.15) is 11.1 Å². The van der Waals surface area contributed by atoms with Crippen molar-refractivity contribution in [1.82, 2.24) is 9.47 Å². The van der Waals surface area contributed by atoms with E-state index in [-0.39, 0.29) is 35.3 Å². The minimum atomic E-state index is -1.26. The zero-order chi connectivity index (χ0) is 20.7. The molecule has 0 radical (unpaired) electrons. The number of nitrogens with zero attached hydrogens (tertiary/aromatic N) is 2. The van der Waals surface area contributed by atoms with Gasteiger partial charge in [0.2, 0.25) is 0 Å². The van der Waals surface area contributed by atoms with E-state index in [1.165, 1.54) is 47.1 Å². The van der Waals surface area contributed by atoms with E-state index in [0.717, 1.165) is 12.2 Å². The maximum Gasteiger partial charge on any atom is 0.337 e. The lowest BCUT2D eigenvalue weighted by Crippen LogP contribution is -2.20. The Labute approximate surface area is 159 Å². The second-order valence-electron chi connectivity index (χ2n) is 5.98. The number of allylic oxidation sites excluding steroid dienone is 1. The monoisotopic (exact) mass is 388 g/mol. The molecule has 0 spiro atoms. The minimum Gasteiger partial charge on any atom is -0.478 e. The molecule has 6 nitrogen and oxygen atoms in total. The summed E-state index contributed by atoms with van der Waals surface area (Å²) in [5.41, 5.74) is -0.478. The number of carboxylic acid groups (broad SMARTS) is 1. The number of aromatic nitrogens is 1. The predicted octanol–water partition coefficient (Wildman–Crippen LogP) is 2.33. The van der Waals surface area contributed by atoms with Crippen LogP contribution in [-0.4, -0.2) is 33.9 Å². The second-order valence-corrected chi connectivity index (χ2v) is 5.98. The molecular weight excluding hydrogens is 370 g/mol. The van der Waals surface area contributed by atoms with Gasteiger partial charge in [0.15, 0.2) is 11.6 Å². The van der Waals surface area contributed by atoms with Crippen molar-refractivity contribution in [1.29, 1.82) is 0 Å². The van der Waals surface area contributed by atoms with E-state index in [2.05, 4.69) is 0 Å². The van der Waals surface area contributed by atoms with Crippen LogP contribution in [0.2, 0.25) is 0 Å². The Hall–Kier alpha value is -3.55. The maximum atomic E-state index is 14.4. The quantitative estimate of drug-likeness (QED) is 0.427. The fourth-order valence-electron chi connectivity index (χ4n) is 2.51. The molecule has 1 aromatic carbocycles. The van der Waals surface area contributed by atoms with E-state index in [4.69, 9.17) is 5.11 Å². The van der Waals surface area contributed by atoms with Crippen LogP contribution in [0.4, 0.5) is 8.78 Å². The van der Waals surface area contributed by atoms with Crippen molar-refractivity contribution >= 4 is 12.3 Å². The van der Waals surface area contributed by atoms with Gasteiger partial charge in [-0.1, -0.05) is 18.2 Å². The summed E-state index contributed by atoms with van der Waals surface area (Å²) in [6, 6.07) is 7.26. The largest absolute Gasteiger partial charge is 0.478 e. The molecule has 0 aliphatic carbocycles. The first-order valence-corrected chi connectivity index (χ1v) is 8.22. The minimum absolute atomic E-state index is 0.0181. The molecule has 0 atom stereocenters. The van der Waals surface area contributed by atoms with Gasteiger partial charge >= 0.3 is 5.97 Å². The van der Waals surface area contributed by atoms with Gasteiger partial charge in [0.1, 0.15) is 6.29 Å². The highest BCUT2D eigenvalue weighted by molar-refractivity contribution is 5.90. The molecule has 0 amide bonds. The molecule has 0 unspecified atom stereocenters. The number of halogens is 2. The van der Waals surface area contributed by atoms with Crippen LogP contribution in [-0.2, 0) is 22.7 Å². The summed E-state index contributed by atoms with van der Waals surface area (Å²) in [5.74, 6) is -3.40. The highest BCUT2D eigenvalue weighted by Gasteiger charge is 2.15. The van der Waals surface area contributed by atoms with Crippen LogP contribution >= 0.6 is 0 Å². The van der Waals surface area contributed by atoms with E-state index in [9.17, 15) is 23.2 Å². The fraction of sp³-hybridized carbons (Fsp3) is 0.150. The zero-order valence-corrected chi connectivity index (χ0v) is 15.0. The lowest BCUT2D eigenvalue weighted by molar-refractivity contribution is -0.132. The Morgan fingerprint density at radius 1 is 1.18 bits per heavy atom. The Kier molecular flexibility index (Phi) is 6.97. The van der Waals surface area contributed by atoms with E-state index < -0.39 is 17.6 Å². The van der Waals surface area contributed by atoms with Crippen LogP contribution in [0.3, 0.4) is 0 Å². The van der Waals surface area contributed by atoms with Crippen LogP contribution in [0.5, 0.6) is 0 Å². The molecule has 0 aliphatic rings. The summed E-state index contributed by atoms with van der Waals surface area (Å²) in [4.78, 5) is 34.6. The normalized spacial score (nSPS) is 11.6. The molecule has 0 aliphatic heterocycles. The van der Waals surface area contributed by atoms with E-state index in [0.29, 0.717) is 6.29 Å². The summed E-state index contributed by atoms with van der Waals surface area (Å²) in [6.45, 7) is -0.210. The first kappa shape index (κ1) is 20.8.